The first-order valence-electron chi connectivity index (χ1n) is 6.97. The molecule has 0 spiro atoms. The highest BCUT2D eigenvalue weighted by atomic mass is 19.1. The Morgan fingerprint density at radius 2 is 2.05 bits per heavy atom. The monoisotopic (exact) mass is 271 g/mol. The Morgan fingerprint density at radius 3 is 2.75 bits per heavy atom. The van der Waals surface area contributed by atoms with Gasteiger partial charge in [0, 0.05) is 18.7 Å². The largest absolute Gasteiger partial charge is 0.457 e. The molecule has 2 aromatic carbocycles. The fraction of sp³-hybridized carbons (Fsp3) is 0.294. The number of hydrogen-bond donors (Lipinski definition) is 1. The summed E-state index contributed by atoms with van der Waals surface area (Å²) in [6.07, 6.45) is 2.58. The summed E-state index contributed by atoms with van der Waals surface area (Å²) in [6.45, 7) is 2.90. The number of halogens is 1. The smallest absolute Gasteiger partial charge is 0.130 e. The lowest BCUT2D eigenvalue weighted by molar-refractivity contribution is 0.473. The molecule has 0 radical (unpaired) electrons. The molecule has 0 heterocycles. The van der Waals surface area contributed by atoms with Crippen molar-refractivity contribution in [3.63, 3.8) is 0 Å². The molecule has 20 heavy (non-hydrogen) atoms. The minimum absolute atomic E-state index is 0.287. The molecule has 0 saturated heterocycles. The average molecular weight is 271 g/mol. The summed E-state index contributed by atoms with van der Waals surface area (Å²) in [7, 11) is 0. The lowest BCUT2D eigenvalue weighted by atomic mass is 10.1. The average Bonchev–Trinajstić information content (AvgIpc) is 3.23. The SMILES string of the molecule is Cc1cc(CNC2CC2)ccc1Oc1cccc(F)c1. The molecule has 1 saturated carbocycles. The Kier molecular flexibility index (Phi) is 3.70. The second-order valence-electron chi connectivity index (χ2n) is 5.31. The predicted octanol–water partition coefficient (Wildman–Crippen LogP) is 4.18. The number of hydrogen-bond acceptors (Lipinski definition) is 2. The van der Waals surface area contributed by atoms with Gasteiger partial charge in [0.1, 0.15) is 17.3 Å². The van der Waals surface area contributed by atoms with Gasteiger partial charge in [0.15, 0.2) is 0 Å². The van der Waals surface area contributed by atoms with Crippen LogP contribution >= 0.6 is 0 Å². The van der Waals surface area contributed by atoms with Crippen molar-refractivity contribution < 1.29 is 9.13 Å². The fourth-order valence-electron chi connectivity index (χ4n) is 2.14. The van der Waals surface area contributed by atoms with Crippen LogP contribution in [0.4, 0.5) is 4.39 Å². The first-order valence-corrected chi connectivity index (χ1v) is 6.97. The minimum atomic E-state index is -0.287. The standard InChI is InChI=1S/C17H18FNO/c1-12-9-13(11-19-15-6-7-15)5-8-17(12)20-16-4-2-3-14(18)10-16/h2-5,8-10,15,19H,6-7,11H2,1H3. The third-order valence-corrected chi connectivity index (χ3v) is 3.44. The van der Waals surface area contributed by atoms with Crippen LogP contribution in [0.2, 0.25) is 0 Å². The highest BCUT2D eigenvalue weighted by Gasteiger charge is 2.19. The number of benzene rings is 2. The molecule has 0 bridgehead atoms. The third kappa shape index (κ3) is 3.36. The van der Waals surface area contributed by atoms with Crippen LogP contribution in [0.25, 0.3) is 0 Å². The maximum atomic E-state index is 13.1. The summed E-state index contributed by atoms with van der Waals surface area (Å²) in [6, 6.07) is 13.0. The molecular formula is C17H18FNO. The molecule has 0 aromatic heterocycles. The fourth-order valence-corrected chi connectivity index (χ4v) is 2.14. The molecule has 0 amide bonds. The van der Waals surface area contributed by atoms with Gasteiger partial charge in [-0.1, -0.05) is 18.2 Å². The van der Waals surface area contributed by atoms with E-state index < -0.39 is 0 Å². The van der Waals surface area contributed by atoms with Gasteiger partial charge >= 0.3 is 0 Å². The molecule has 0 atom stereocenters. The van der Waals surface area contributed by atoms with E-state index in [-0.39, 0.29) is 5.82 Å². The van der Waals surface area contributed by atoms with Crippen LogP contribution in [0.5, 0.6) is 11.5 Å². The highest BCUT2D eigenvalue weighted by Crippen LogP contribution is 2.26. The van der Waals surface area contributed by atoms with Crippen molar-refractivity contribution in [1.29, 1.82) is 0 Å². The molecule has 1 aliphatic rings. The minimum Gasteiger partial charge on any atom is -0.457 e. The van der Waals surface area contributed by atoms with Gasteiger partial charge in [-0.2, -0.15) is 0 Å². The Labute approximate surface area is 118 Å². The summed E-state index contributed by atoms with van der Waals surface area (Å²) in [5.74, 6) is 1.01. The first-order chi connectivity index (χ1) is 9.70. The molecule has 1 fully saturated rings. The van der Waals surface area contributed by atoms with E-state index in [9.17, 15) is 4.39 Å². The van der Waals surface area contributed by atoms with Crippen molar-refractivity contribution in [2.75, 3.05) is 0 Å². The van der Waals surface area contributed by atoms with Gasteiger partial charge in [-0.05, 0) is 49.1 Å². The zero-order valence-corrected chi connectivity index (χ0v) is 11.5. The van der Waals surface area contributed by atoms with Gasteiger partial charge in [0.2, 0.25) is 0 Å². The van der Waals surface area contributed by atoms with E-state index in [1.54, 1.807) is 12.1 Å². The van der Waals surface area contributed by atoms with E-state index in [0.29, 0.717) is 11.8 Å². The molecule has 0 unspecified atom stereocenters. The maximum Gasteiger partial charge on any atom is 0.130 e. The van der Waals surface area contributed by atoms with E-state index in [0.717, 1.165) is 17.9 Å². The van der Waals surface area contributed by atoms with Crippen molar-refractivity contribution in [3.05, 3.63) is 59.4 Å². The molecular weight excluding hydrogens is 253 g/mol. The highest BCUT2D eigenvalue weighted by molar-refractivity contribution is 5.39. The van der Waals surface area contributed by atoms with Crippen molar-refractivity contribution >= 4 is 0 Å². The lowest BCUT2D eigenvalue weighted by Crippen LogP contribution is -2.15. The van der Waals surface area contributed by atoms with Crippen molar-refractivity contribution in [1.82, 2.24) is 5.32 Å². The molecule has 0 aliphatic heterocycles. The van der Waals surface area contributed by atoms with E-state index >= 15 is 0 Å². The molecule has 3 heteroatoms. The molecule has 2 aromatic rings. The summed E-state index contributed by atoms with van der Waals surface area (Å²) >= 11 is 0. The van der Waals surface area contributed by atoms with Crippen LogP contribution in [0.1, 0.15) is 24.0 Å². The van der Waals surface area contributed by atoms with E-state index in [4.69, 9.17) is 4.74 Å². The van der Waals surface area contributed by atoms with E-state index in [1.165, 1.54) is 30.5 Å². The van der Waals surface area contributed by atoms with Crippen LogP contribution < -0.4 is 10.1 Å². The zero-order chi connectivity index (χ0) is 13.9. The molecule has 2 nitrogen and oxygen atoms in total. The van der Waals surface area contributed by atoms with Crippen LogP contribution in [0, 0.1) is 12.7 Å². The Morgan fingerprint density at radius 1 is 1.20 bits per heavy atom. The molecule has 104 valence electrons. The number of rotatable bonds is 5. The van der Waals surface area contributed by atoms with Crippen molar-refractivity contribution in [2.45, 2.75) is 32.4 Å². The summed E-state index contributed by atoms with van der Waals surface area (Å²) in [5, 5.41) is 3.49. The Hall–Kier alpha value is -1.87. The number of nitrogens with one attached hydrogen (secondary N) is 1. The number of aryl methyl sites for hydroxylation is 1. The van der Waals surface area contributed by atoms with Gasteiger partial charge in [-0.25, -0.2) is 4.39 Å². The first kappa shape index (κ1) is 13.1. The van der Waals surface area contributed by atoms with Crippen LogP contribution in [-0.4, -0.2) is 6.04 Å². The van der Waals surface area contributed by atoms with Gasteiger partial charge in [-0.3, -0.25) is 0 Å². The quantitative estimate of drug-likeness (QED) is 0.881. The van der Waals surface area contributed by atoms with Crippen LogP contribution in [-0.2, 0) is 6.54 Å². The van der Waals surface area contributed by atoms with E-state index in [2.05, 4.69) is 17.4 Å². The normalized spacial score (nSPS) is 14.3. The topological polar surface area (TPSA) is 21.3 Å². The lowest BCUT2D eigenvalue weighted by Gasteiger charge is -2.11. The van der Waals surface area contributed by atoms with Gasteiger partial charge in [-0.15, -0.1) is 0 Å². The molecule has 1 N–H and O–H groups in total. The Balaban J connectivity index is 1.69. The predicted molar refractivity (Wildman–Crippen MR) is 77.5 cm³/mol. The van der Waals surface area contributed by atoms with Crippen LogP contribution in [0.15, 0.2) is 42.5 Å². The second kappa shape index (κ2) is 5.63. The van der Waals surface area contributed by atoms with Gasteiger partial charge in [0.25, 0.3) is 0 Å². The molecule has 3 rings (SSSR count). The van der Waals surface area contributed by atoms with Crippen molar-refractivity contribution in [3.8, 4) is 11.5 Å². The zero-order valence-electron chi connectivity index (χ0n) is 11.5. The Bertz CT molecular complexity index is 608. The third-order valence-electron chi connectivity index (χ3n) is 3.44. The van der Waals surface area contributed by atoms with Gasteiger partial charge < -0.3 is 10.1 Å². The van der Waals surface area contributed by atoms with Crippen LogP contribution in [0.3, 0.4) is 0 Å². The summed E-state index contributed by atoms with van der Waals surface area (Å²) in [4.78, 5) is 0. The summed E-state index contributed by atoms with van der Waals surface area (Å²) < 4.78 is 18.9. The van der Waals surface area contributed by atoms with Gasteiger partial charge in [0.05, 0.1) is 0 Å². The maximum absolute atomic E-state index is 13.1. The summed E-state index contributed by atoms with van der Waals surface area (Å²) in [5.41, 5.74) is 2.31. The van der Waals surface area contributed by atoms with Crippen molar-refractivity contribution in [2.24, 2.45) is 0 Å². The molecule has 1 aliphatic carbocycles. The van der Waals surface area contributed by atoms with E-state index in [1.807, 2.05) is 13.0 Å². The number of ether oxygens (including phenoxy) is 1. The second-order valence-corrected chi connectivity index (χ2v) is 5.31.